The highest BCUT2D eigenvalue weighted by molar-refractivity contribution is 7.41. The fraction of sp³-hybridized carbons (Fsp3) is 0.143. The Hall–Kier alpha value is -2.19. The number of hydrogen-bond donors (Lipinski definition) is 0. The van der Waals surface area contributed by atoms with Gasteiger partial charge in [-0.15, -0.1) is 0 Å². The molecule has 128 valence electrons. The molecule has 0 radical (unpaired) electrons. The second-order valence-corrected chi connectivity index (χ2v) is 7.30. The van der Waals surface area contributed by atoms with Crippen LogP contribution in [0.2, 0.25) is 0 Å². The van der Waals surface area contributed by atoms with E-state index in [0.717, 1.165) is 16.7 Å². The topological polar surface area (TPSA) is 35.5 Å². The molecule has 0 amide bonds. The molecule has 1 unspecified atom stereocenters. The van der Waals surface area contributed by atoms with Crippen molar-refractivity contribution >= 4 is 8.03 Å². The van der Waals surface area contributed by atoms with Gasteiger partial charge in [0.05, 0.1) is 0 Å². The quantitative estimate of drug-likeness (QED) is 0.338. The molecule has 3 rings (SSSR count). The normalized spacial score (nSPS) is 12.7. The van der Waals surface area contributed by atoms with E-state index in [0.29, 0.717) is 0 Å². The number of rotatable bonds is 7. The molecule has 1 atom stereocenters. The lowest BCUT2D eigenvalue weighted by Gasteiger charge is -2.34. The second-order valence-electron chi connectivity index (χ2n) is 5.69. The summed E-state index contributed by atoms with van der Waals surface area (Å²) in [5.41, 5.74) is 2.81. The van der Waals surface area contributed by atoms with Gasteiger partial charge in [-0.05, 0) is 16.7 Å². The molecule has 0 saturated carbocycles. The Kier molecular flexibility index (Phi) is 5.83. The highest BCUT2D eigenvalue weighted by Gasteiger charge is 2.43. The Labute approximate surface area is 149 Å². The van der Waals surface area contributed by atoms with E-state index < -0.39 is 13.2 Å². The van der Waals surface area contributed by atoms with Crippen LogP contribution in [0.3, 0.4) is 0 Å². The van der Waals surface area contributed by atoms with Crippen LogP contribution in [0.15, 0.2) is 91.0 Å². The Bertz CT molecular complexity index is 708. The van der Waals surface area contributed by atoms with Crippen molar-refractivity contribution in [3.05, 3.63) is 108 Å². The molecule has 0 saturated heterocycles. The van der Waals surface area contributed by atoms with Crippen molar-refractivity contribution in [1.29, 1.82) is 0 Å². The van der Waals surface area contributed by atoms with Crippen LogP contribution < -0.4 is 0 Å². The van der Waals surface area contributed by atoms with Crippen LogP contribution in [0.25, 0.3) is 0 Å². The van der Waals surface area contributed by atoms with Crippen LogP contribution in [0.1, 0.15) is 16.7 Å². The summed E-state index contributed by atoms with van der Waals surface area (Å²) in [6.45, 7) is -0.00789. The summed E-state index contributed by atoms with van der Waals surface area (Å²) >= 11 is 0. The van der Waals surface area contributed by atoms with E-state index in [1.54, 1.807) is 0 Å². The van der Waals surface area contributed by atoms with E-state index in [-0.39, 0.29) is 6.79 Å². The van der Waals surface area contributed by atoms with E-state index in [1.165, 1.54) is 7.11 Å². The molecule has 0 bridgehead atoms. The van der Waals surface area contributed by atoms with Crippen molar-refractivity contribution in [2.45, 2.75) is 5.16 Å². The Morgan fingerprint density at radius 3 is 1.40 bits per heavy atom. The Morgan fingerprint density at radius 2 is 1.08 bits per heavy atom. The first kappa shape index (κ1) is 17.6. The predicted molar refractivity (Wildman–Crippen MR) is 101 cm³/mol. The number of benzene rings is 3. The van der Waals surface area contributed by atoms with Crippen LogP contribution >= 0.6 is 8.03 Å². The molecule has 0 aliphatic heterocycles. The van der Waals surface area contributed by atoms with Crippen molar-refractivity contribution in [2.75, 3.05) is 13.9 Å². The lowest BCUT2D eigenvalue weighted by molar-refractivity contribution is 0.0555. The summed E-state index contributed by atoms with van der Waals surface area (Å²) in [6, 6.07) is 29.6. The summed E-state index contributed by atoms with van der Waals surface area (Å²) in [7, 11) is -1.05. The van der Waals surface area contributed by atoms with Gasteiger partial charge in [-0.25, -0.2) is 0 Å². The van der Waals surface area contributed by atoms with Gasteiger partial charge in [-0.2, -0.15) is 0 Å². The molecule has 0 spiro atoms. The van der Waals surface area contributed by atoms with Gasteiger partial charge in [0.2, 0.25) is 8.03 Å². The van der Waals surface area contributed by atoms with Gasteiger partial charge in [0.15, 0.2) is 6.79 Å². The molecule has 3 aromatic carbocycles. The molecule has 25 heavy (non-hydrogen) atoms. The Balaban J connectivity index is 2.30. The summed E-state index contributed by atoms with van der Waals surface area (Å²) < 4.78 is 24.2. The average Bonchev–Trinajstić information content (AvgIpc) is 2.69. The summed E-state index contributed by atoms with van der Waals surface area (Å²) in [5, 5.41) is -0.868. The first-order chi connectivity index (χ1) is 12.3. The molecular formula is C21H21O3P. The third-order valence-corrected chi connectivity index (χ3v) is 6.09. The van der Waals surface area contributed by atoms with E-state index >= 15 is 0 Å². The monoisotopic (exact) mass is 352 g/mol. The standard InChI is InChI=1S/C21H21O3P/c1-23-17-24-25(22)21(18-11-5-2-6-12-18,19-13-7-3-8-14-19)20-15-9-4-10-16-20/h2-16,25H,17H2,1H3. The SMILES string of the molecule is COCO[PH](=O)C(c1ccccc1)(c1ccccc1)c1ccccc1. The maximum Gasteiger partial charge on any atom is 0.212 e. The summed E-state index contributed by atoms with van der Waals surface area (Å²) in [5.74, 6) is 0. The smallest absolute Gasteiger partial charge is 0.212 e. The van der Waals surface area contributed by atoms with E-state index in [2.05, 4.69) is 0 Å². The number of hydrogen-bond acceptors (Lipinski definition) is 3. The number of methoxy groups -OCH3 is 1. The zero-order chi connectivity index (χ0) is 17.5. The Morgan fingerprint density at radius 1 is 0.720 bits per heavy atom. The molecule has 0 aromatic heterocycles. The van der Waals surface area contributed by atoms with Crippen molar-refractivity contribution in [3.8, 4) is 0 Å². The molecule has 0 N–H and O–H groups in total. The van der Waals surface area contributed by atoms with Crippen molar-refractivity contribution < 1.29 is 13.8 Å². The summed E-state index contributed by atoms with van der Waals surface area (Å²) in [6.07, 6.45) is 0. The van der Waals surface area contributed by atoms with Gasteiger partial charge >= 0.3 is 0 Å². The van der Waals surface area contributed by atoms with Gasteiger partial charge in [0.25, 0.3) is 0 Å². The number of ether oxygens (including phenoxy) is 1. The third kappa shape index (κ3) is 3.45. The van der Waals surface area contributed by atoms with Crippen molar-refractivity contribution in [1.82, 2.24) is 0 Å². The minimum Gasteiger partial charge on any atom is -0.358 e. The van der Waals surface area contributed by atoms with Gasteiger partial charge in [-0.1, -0.05) is 91.0 Å². The highest BCUT2D eigenvalue weighted by Crippen LogP contribution is 2.57. The lowest BCUT2D eigenvalue weighted by Crippen LogP contribution is -2.26. The molecule has 3 aromatic rings. The van der Waals surface area contributed by atoms with Crippen LogP contribution in [0.4, 0.5) is 0 Å². The molecule has 3 nitrogen and oxygen atoms in total. The van der Waals surface area contributed by atoms with Crippen LogP contribution in [0, 0.1) is 0 Å². The van der Waals surface area contributed by atoms with Gasteiger partial charge in [0.1, 0.15) is 5.16 Å². The predicted octanol–water partition coefficient (Wildman–Crippen LogP) is 5.07. The second kappa shape index (κ2) is 8.26. The van der Waals surface area contributed by atoms with E-state index in [1.807, 2.05) is 91.0 Å². The van der Waals surface area contributed by atoms with E-state index in [4.69, 9.17) is 9.26 Å². The zero-order valence-electron chi connectivity index (χ0n) is 14.1. The first-order valence-electron chi connectivity index (χ1n) is 8.13. The molecule has 0 heterocycles. The maximum absolute atomic E-state index is 13.5. The summed E-state index contributed by atoms with van der Waals surface area (Å²) in [4.78, 5) is 0. The maximum atomic E-state index is 13.5. The molecule has 4 heteroatoms. The largest absolute Gasteiger partial charge is 0.358 e. The zero-order valence-corrected chi connectivity index (χ0v) is 15.1. The minimum atomic E-state index is -2.58. The van der Waals surface area contributed by atoms with Gasteiger partial charge in [-0.3, -0.25) is 4.57 Å². The first-order valence-corrected chi connectivity index (χ1v) is 9.44. The average molecular weight is 352 g/mol. The van der Waals surface area contributed by atoms with Gasteiger partial charge in [0, 0.05) is 7.11 Å². The molecule has 0 fully saturated rings. The van der Waals surface area contributed by atoms with Crippen molar-refractivity contribution in [3.63, 3.8) is 0 Å². The molecular weight excluding hydrogens is 331 g/mol. The highest BCUT2D eigenvalue weighted by atomic mass is 31.1. The molecule has 0 aliphatic rings. The van der Waals surface area contributed by atoms with Gasteiger partial charge < -0.3 is 9.26 Å². The lowest BCUT2D eigenvalue weighted by atomic mass is 9.84. The van der Waals surface area contributed by atoms with Crippen LogP contribution in [-0.2, 0) is 19.0 Å². The molecule has 0 aliphatic carbocycles. The fourth-order valence-electron chi connectivity index (χ4n) is 3.14. The van der Waals surface area contributed by atoms with E-state index in [9.17, 15) is 4.57 Å². The fourth-order valence-corrected chi connectivity index (χ4v) is 4.79. The minimum absolute atomic E-state index is 0.00789. The van der Waals surface area contributed by atoms with Crippen molar-refractivity contribution in [2.24, 2.45) is 0 Å². The van der Waals surface area contributed by atoms with Crippen LogP contribution in [-0.4, -0.2) is 13.9 Å². The van der Waals surface area contributed by atoms with Crippen LogP contribution in [0.5, 0.6) is 0 Å². The third-order valence-electron chi connectivity index (χ3n) is 4.23.